The van der Waals surface area contributed by atoms with Crippen molar-refractivity contribution in [3.05, 3.63) is 0 Å². The van der Waals surface area contributed by atoms with E-state index in [4.69, 9.17) is 3.07 Å². The molecule has 0 radical (unpaired) electrons. The van der Waals surface area contributed by atoms with E-state index in [1.807, 2.05) is 0 Å². The van der Waals surface area contributed by atoms with E-state index in [9.17, 15) is 0 Å². The summed E-state index contributed by atoms with van der Waals surface area (Å²) in [4.78, 5) is 4.77. The molecule has 78 valence electrons. The van der Waals surface area contributed by atoms with Gasteiger partial charge in [-0.2, -0.15) is 0 Å². The van der Waals surface area contributed by atoms with Gasteiger partial charge in [0.1, 0.15) is 0 Å². The maximum atomic E-state index is 5.93. The van der Waals surface area contributed by atoms with Gasteiger partial charge in [0, 0.05) is 0 Å². The summed E-state index contributed by atoms with van der Waals surface area (Å²) in [5, 5.41) is 0. The van der Waals surface area contributed by atoms with Crippen molar-refractivity contribution in [2.75, 3.05) is 18.5 Å². The standard InChI is InChI=1S/C10H19INO/c1-11-13-10-6-7-12(2)9-5-3-4-8(9)10/h8-10H,3-7H2,1-2H3/q-1/t8-,9+,10?/m0/s1. The van der Waals surface area contributed by atoms with E-state index in [0.717, 1.165) is 12.0 Å². The van der Waals surface area contributed by atoms with Crippen molar-refractivity contribution < 1.29 is 24.7 Å². The van der Waals surface area contributed by atoms with E-state index in [0.29, 0.717) is 6.10 Å². The van der Waals surface area contributed by atoms with Gasteiger partial charge in [0.15, 0.2) is 0 Å². The number of nitrogens with zero attached hydrogens (tertiary/aromatic N) is 1. The third-order valence-corrected chi connectivity index (χ3v) is 4.71. The Hall–Kier alpha value is 0.650. The molecule has 0 N–H and O–H groups in total. The summed E-state index contributed by atoms with van der Waals surface area (Å²) < 4.78 is 5.93. The summed E-state index contributed by atoms with van der Waals surface area (Å²) in [6.07, 6.45) is 6.11. The molecule has 1 unspecified atom stereocenters. The van der Waals surface area contributed by atoms with Gasteiger partial charge < -0.3 is 0 Å². The van der Waals surface area contributed by atoms with Crippen LogP contribution in [0, 0.1) is 5.92 Å². The maximum absolute atomic E-state index is 5.93. The van der Waals surface area contributed by atoms with Crippen molar-refractivity contribution in [2.24, 2.45) is 5.92 Å². The van der Waals surface area contributed by atoms with Crippen LogP contribution in [-0.2, 0) is 3.07 Å². The van der Waals surface area contributed by atoms with E-state index in [1.54, 1.807) is 0 Å². The van der Waals surface area contributed by atoms with Crippen molar-refractivity contribution in [1.29, 1.82) is 0 Å². The van der Waals surface area contributed by atoms with Gasteiger partial charge in [-0.25, -0.2) is 0 Å². The van der Waals surface area contributed by atoms with Crippen LogP contribution < -0.4 is 21.6 Å². The Labute approximate surface area is 91.8 Å². The summed E-state index contributed by atoms with van der Waals surface area (Å²) >= 11 is 0.0242. The van der Waals surface area contributed by atoms with Crippen molar-refractivity contribution in [2.45, 2.75) is 37.8 Å². The van der Waals surface area contributed by atoms with Crippen LogP contribution in [0.1, 0.15) is 25.7 Å². The molecule has 1 saturated heterocycles. The molecule has 2 fully saturated rings. The van der Waals surface area contributed by atoms with Crippen LogP contribution in [0.15, 0.2) is 0 Å². The van der Waals surface area contributed by atoms with Gasteiger partial charge in [0.2, 0.25) is 0 Å². The van der Waals surface area contributed by atoms with Crippen LogP contribution in [-0.4, -0.2) is 35.6 Å². The van der Waals surface area contributed by atoms with Gasteiger partial charge in [0.25, 0.3) is 0 Å². The van der Waals surface area contributed by atoms with Crippen molar-refractivity contribution in [3.8, 4) is 0 Å². The number of piperidine rings is 1. The van der Waals surface area contributed by atoms with E-state index in [2.05, 4.69) is 16.9 Å². The molecular weight excluding hydrogens is 277 g/mol. The second-order valence-corrected chi connectivity index (χ2v) is 5.60. The molecule has 0 aromatic carbocycles. The molecule has 1 heterocycles. The molecule has 0 amide bonds. The molecule has 2 rings (SSSR count). The Morgan fingerprint density at radius 1 is 1.31 bits per heavy atom. The quantitative estimate of drug-likeness (QED) is 0.455. The monoisotopic (exact) mass is 296 g/mol. The zero-order valence-corrected chi connectivity index (χ0v) is 10.7. The van der Waals surface area contributed by atoms with Crippen LogP contribution in [0.3, 0.4) is 0 Å². The minimum absolute atomic E-state index is 0.0242. The first-order chi connectivity index (χ1) is 6.33. The number of fused-ring (bicyclic) bond motifs is 1. The predicted molar refractivity (Wildman–Crippen MR) is 49.2 cm³/mol. The third-order valence-electron chi connectivity index (χ3n) is 3.55. The predicted octanol–water partition coefficient (Wildman–Crippen LogP) is -1.49. The molecule has 2 aliphatic rings. The SMILES string of the molecule is C[I-]OC1CCN(C)[C@@H]2CCC[C@H]12. The number of rotatable bonds is 2. The molecular formula is C10H19INO-. The molecule has 1 aliphatic carbocycles. The van der Waals surface area contributed by atoms with E-state index in [1.165, 1.54) is 32.2 Å². The van der Waals surface area contributed by atoms with E-state index < -0.39 is 0 Å². The number of alkyl halides is 1. The number of halogens is 1. The van der Waals surface area contributed by atoms with E-state index in [-0.39, 0.29) is 21.6 Å². The van der Waals surface area contributed by atoms with Gasteiger partial charge in [-0.15, -0.1) is 0 Å². The molecule has 0 bridgehead atoms. The van der Waals surface area contributed by atoms with Gasteiger partial charge in [0.05, 0.1) is 0 Å². The molecule has 1 saturated carbocycles. The summed E-state index contributed by atoms with van der Waals surface area (Å²) in [5.41, 5.74) is 0. The Morgan fingerprint density at radius 3 is 2.92 bits per heavy atom. The summed E-state index contributed by atoms with van der Waals surface area (Å²) in [6.45, 7) is 1.25. The molecule has 0 aromatic heterocycles. The second-order valence-electron chi connectivity index (χ2n) is 4.21. The molecule has 2 nitrogen and oxygen atoms in total. The number of hydrogen-bond acceptors (Lipinski definition) is 2. The van der Waals surface area contributed by atoms with Gasteiger partial charge in [-0.1, -0.05) is 0 Å². The van der Waals surface area contributed by atoms with Crippen LogP contribution in [0.5, 0.6) is 0 Å². The normalized spacial score (nSPS) is 40.9. The van der Waals surface area contributed by atoms with Crippen LogP contribution in [0.4, 0.5) is 0 Å². The van der Waals surface area contributed by atoms with E-state index >= 15 is 0 Å². The molecule has 0 aromatic rings. The fraction of sp³-hybridized carbons (Fsp3) is 1.00. The summed E-state index contributed by atoms with van der Waals surface area (Å²) in [5.74, 6) is 0.860. The summed E-state index contributed by atoms with van der Waals surface area (Å²) in [7, 11) is 2.28. The van der Waals surface area contributed by atoms with Gasteiger partial charge in [-0.05, 0) is 0 Å². The zero-order chi connectivity index (χ0) is 9.26. The molecule has 3 heteroatoms. The average molecular weight is 296 g/mol. The summed E-state index contributed by atoms with van der Waals surface area (Å²) in [6, 6.07) is 0.842. The van der Waals surface area contributed by atoms with Crippen LogP contribution >= 0.6 is 0 Å². The molecule has 13 heavy (non-hydrogen) atoms. The fourth-order valence-electron chi connectivity index (χ4n) is 2.89. The number of likely N-dealkylation sites (tertiary alicyclic amines) is 1. The molecule has 3 atom stereocenters. The number of hydrogen-bond donors (Lipinski definition) is 0. The van der Waals surface area contributed by atoms with Crippen molar-refractivity contribution in [3.63, 3.8) is 0 Å². The fourth-order valence-corrected chi connectivity index (χ4v) is 4.17. The Bertz CT molecular complexity index is 176. The second kappa shape index (κ2) is 4.45. The topological polar surface area (TPSA) is 12.5 Å². The molecule has 0 spiro atoms. The Balaban J connectivity index is 1.99. The van der Waals surface area contributed by atoms with Crippen LogP contribution in [0.25, 0.3) is 0 Å². The Kier molecular flexibility index (Phi) is 3.48. The van der Waals surface area contributed by atoms with Crippen LogP contribution in [0.2, 0.25) is 0 Å². The van der Waals surface area contributed by atoms with Crippen molar-refractivity contribution in [1.82, 2.24) is 4.90 Å². The first kappa shape index (κ1) is 10.2. The Morgan fingerprint density at radius 2 is 2.15 bits per heavy atom. The third kappa shape index (κ3) is 2.02. The minimum atomic E-state index is 0.0242. The van der Waals surface area contributed by atoms with Gasteiger partial charge in [-0.3, -0.25) is 0 Å². The average Bonchev–Trinajstić information content (AvgIpc) is 2.59. The zero-order valence-electron chi connectivity index (χ0n) is 8.50. The van der Waals surface area contributed by atoms with Crippen molar-refractivity contribution >= 4 is 0 Å². The molecule has 1 aliphatic heterocycles. The van der Waals surface area contributed by atoms with Gasteiger partial charge >= 0.3 is 91.9 Å². The first-order valence-corrected chi connectivity index (χ1v) is 8.22. The first-order valence-electron chi connectivity index (χ1n) is 5.18.